The van der Waals surface area contributed by atoms with Gasteiger partial charge in [0.25, 0.3) is 0 Å². The lowest BCUT2D eigenvalue weighted by Crippen LogP contribution is -2.08. The molecule has 0 saturated heterocycles. The first-order valence-corrected chi connectivity index (χ1v) is 8.76. The Balaban J connectivity index is 1.91. The summed E-state index contributed by atoms with van der Waals surface area (Å²) in [6.45, 7) is 1.13. The van der Waals surface area contributed by atoms with Gasteiger partial charge in [0.1, 0.15) is 12.0 Å². The van der Waals surface area contributed by atoms with E-state index in [0.717, 1.165) is 28.5 Å². The van der Waals surface area contributed by atoms with Gasteiger partial charge in [0.05, 0.1) is 13.2 Å². The van der Waals surface area contributed by atoms with E-state index in [2.05, 4.69) is 6.07 Å². The Morgan fingerprint density at radius 2 is 1.56 bits per heavy atom. The zero-order valence-electron chi connectivity index (χ0n) is 15.3. The Labute approximate surface area is 159 Å². The van der Waals surface area contributed by atoms with Crippen molar-refractivity contribution in [2.24, 2.45) is 0 Å². The molecule has 0 heterocycles. The maximum Gasteiger partial charge on any atom is 0.189 e. The van der Waals surface area contributed by atoms with Gasteiger partial charge in [0.15, 0.2) is 6.79 Å². The van der Waals surface area contributed by atoms with Gasteiger partial charge >= 0.3 is 0 Å². The van der Waals surface area contributed by atoms with Crippen LogP contribution in [0, 0.1) is 0 Å². The van der Waals surface area contributed by atoms with E-state index in [1.54, 1.807) is 7.11 Å². The Bertz CT molecular complexity index is 875. The average Bonchev–Trinajstić information content (AvgIpc) is 2.74. The molecule has 0 aliphatic rings. The molecule has 0 bridgehead atoms. The normalized spacial score (nSPS) is 10.6. The van der Waals surface area contributed by atoms with Gasteiger partial charge in [0, 0.05) is 18.2 Å². The quantitative estimate of drug-likeness (QED) is 0.311. The monoisotopic (exact) mass is 362 g/mol. The summed E-state index contributed by atoms with van der Waals surface area (Å²) in [6, 6.07) is 23.6. The third-order valence-electron chi connectivity index (χ3n) is 4.13. The SMILES string of the molecule is COCCOCOc1ccccc1-c1cc(C=O)cc(-c2ccccc2)c1. The van der Waals surface area contributed by atoms with E-state index in [-0.39, 0.29) is 6.79 Å². The molecule has 3 aromatic rings. The molecule has 27 heavy (non-hydrogen) atoms. The number of carbonyl (C=O) groups is 1. The molecule has 0 amide bonds. The maximum absolute atomic E-state index is 11.5. The minimum atomic E-state index is 0.138. The number of ether oxygens (including phenoxy) is 3. The van der Waals surface area contributed by atoms with Gasteiger partial charge in [-0.15, -0.1) is 0 Å². The van der Waals surface area contributed by atoms with E-state index in [4.69, 9.17) is 14.2 Å². The Hall–Kier alpha value is -2.95. The molecule has 138 valence electrons. The second-order valence-electron chi connectivity index (χ2n) is 5.99. The molecule has 0 spiro atoms. The molecule has 0 aliphatic carbocycles. The van der Waals surface area contributed by atoms with Crippen LogP contribution in [0.1, 0.15) is 10.4 Å². The van der Waals surface area contributed by atoms with Gasteiger partial charge in [-0.3, -0.25) is 4.79 Å². The lowest BCUT2D eigenvalue weighted by Gasteiger charge is -2.13. The predicted molar refractivity (Wildman–Crippen MR) is 106 cm³/mol. The predicted octanol–water partition coefficient (Wildman–Crippen LogP) is 4.83. The van der Waals surface area contributed by atoms with Crippen molar-refractivity contribution in [3.05, 3.63) is 78.4 Å². The van der Waals surface area contributed by atoms with Crippen LogP contribution in [0.2, 0.25) is 0 Å². The van der Waals surface area contributed by atoms with E-state index in [9.17, 15) is 4.79 Å². The van der Waals surface area contributed by atoms with Crippen molar-refractivity contribution >= 4 is 6.29 Å². The molecule has 0 saturated carbocycles. The molecule has 0 fully saturated rings. The number of methoxy groups -OCH3 is 1. The summed E-state index contributed by atoms with van der Waals surface area (Å²) in [6.07, 6.45) is 0.868. The highest BCUT2D eigenvalue weighted by Gasteiger charge is 2.10. The third kappa shape index (κ3) is 5.03. The topological polar surface area (TPSA) is 44.8 Å². The van der Waals surface area contributed by atoms with Crippen LogP contribution >= 0.6 is 0 Å². The summed E-state index contributed by atoms with van der Waals surface area (Å²) in [5.74, 6) is 0.706. The third-order valence-corrected chi connectivity index (χ3v) is 4.13. The lowest BCUT2D eigenvalue weighted by molar-refractivity contribution is -0.00821. The summed E-state index contributed by atoms with van der Waals surface area (Å²) in [4.78, 5) is 11.5. The first kappa shape index (κ1) is 18.8. The highest BCUT2D eigenvalue weighted by molar-refractivity contribution is 5.85. The Morgan fingerprint density at radius 1 is 0.815 bits per heavy atom. The molecule has 0 aromatic heterocycles. The van der Waals surface area contributed by atoms with E-state index in [1.807, 2.05) is 66.7 Å². The van der Waals surface area contributed by atoms with Gasteiger partial charge in [-0.2, -0.15) is 0 Å². The van der Waals surface area contributed by atoms with Crippen LogP contribution in [0.25, 0.3) is 22.3 Å². The summed E-state index contributed by atoms with van der Waals surface area (Å²) >= 11 is 0. The Morgan fingerprint density at radius 3 is 2.33 bits per heavy atom. The molecule has 4 heteroatoms. The molecular formula is C23H22O4. The molecule has 0 aliphatic heterocycles. The molecule has 3 rings (SSSR count). The van der Waals surface area contributed by atoms with Crippen molar-refractivity contribution in [2.45, 2.75) is 0 Å². The first-order valence-electron chi connectivity index (χ1n) is 8.76. The minimum absolute atomic E-state index is 0.138. The first-order chi connectivity index (χ1) is 13.3. The van der Waals surface area contributed by atoms with Crippen LogP contribution in [-0.4, -0.2) is 33.4 Å². The van der Waals surface area contributed by atoms with Crippen molar-refractivity contribution in [3.8, 4) is 28.0 Å². The van der Waals surface area contributed by atoms with Gasteiger partial charge in [-0.05, 0) is 41.0 Å². The molecule has 0 atom stereocenters. The largest absolute Gasteiger partial charge is 0.467 e. The fourth-order valence-electron chi connectivity index (χ4n) is 2.81. The number of carbonyl (C=O) groups excluding carboxylic acids is 1. The summed E-state index contributed by atoms with van der Waals surface area (Å²) in [7, 11) is 1.63. The van der Waals surface area contributed by atoms with Gasteiger partial charge in [-0.25, -0.2) is 0 Å². The highest BCUT2D eigenvalue weighted by atomic mass is 16.7. The zero-order valence-corrected chi connectivity index (χ0v) is 15.3. The van der Waals surface area contributed by atoms with Gasteiger partial charge < -0.3 is 14.2 Å². The van der Waals surface area contributed by atoms with Crippen LogP contribution in [0.5, 0.6) is 5.75 Å². The molecule has 4 nitrogen and oxygen atoms in total. The van der Waals surface area contributed by atoms with Gasteiger partial charge in [0.2, 0.25) is 0 Å². The molecule has 0 unspecified atom stereocenters. The average molecular weight is 362 g/mol. The van der Waals surface area contributed by atoms with Crippen molar-refractivity contribution in [1.29, 1.82) is 0 Å². The molecule has 3 aromatic carbocycles. The van der Waals surface area contributed by atoms with Gasteiger partial charge in [-0.1, -0.05) is 48.5 Å². The van der Waals surface area contributed by atoms with E-state index < -0.39 is 0 Å². The lowest BCUT2D eigenvalue weighted by atomic mass is 9.96. The zero-order chi connectivity index (χ0) is 18.9. The van der Waals surface area contributed by atoms with Crippen LogP contribution in [0.15, 0.2) is 72.8 Å². The number of aldehydes is 1. The fraction of sp³-hybridized carbons (Fsp3) is 0.174. The van der Waals surface area contributed by atoms with Crippen molar-refractivity contribution in [3.63, 3.8) is 0 Å². The van der Waals surface area contributed by atoms with Crippen LogP contribution in [-0.2, 0) is 9.47 Å². The maximum atomic E-state index is 11.5. The van der Waals surface area contributed by atoms with Crippen LogP contribution in [0.3, 0.4) is 0 Å². The fourth-order valence-corrected chi connectivity index (χ4v) is 2.81. The summed E-state index contributed by atoms with van der Waals surface area (Å²) in [5, 5.41) is 0. The second-order valence-corrected chi connectivity index (χ2v) is 5.99. The number of hydrogen-bond donors (Lipinski definition) is 0. The van der Waals surface area contributed by atoms with Crippen molar-refractivity contribution in [1.82, 2.24) is 0 Å². The number of rotatable bonds is 9. The standard InChI is InChI=1S/C23H22O4/c1-25-11-12-26-17-27-23-10-6-5-9-22(23)21-14-18(16-24)13-20(15-21)19-7-3-2-4-8-19/h2-10,13-16H,11-12,17H2,1H3. The van der Waals surface area contributed by atoms with E-state index >= 15 is 0 Å². The molecule has 0 radical (unpaired) electrons. The van der Waals surface area contributed by atoms with Crippen LogP contribution in [0.4, 0.5) is 0 Å². The van der Waals surface area contributed by atoms with Crippen molar-refractivity contribution in [2.75, 3.05) is 27.1 Å². The minimum Gasteiger partial charge on any atom is -0.467 e. The van der Waals surface area contributed by atoms with E-state index in [1.165, 1.54) is 0 Å². The van der Waals surface area contributed by atoms with E-state index in [0.29, 0.717) is 24.5 Å². The Kier molecular flexibility index (Phi) is 6.74. The number of para-hydroxylation sites is 1. The smallest absolute Gasteiger partial charge is 0.189 e. The summed E-state index contributed by atoms with van der Waals surface area (Å²) < 4.78 is 16.1. The van der Waals surface area contributed by atoms with Crippen LogP contribution < -0.4 is 4.74 Å². The van der Waals surface area contributed by atoms with Crippen molar-refractivity contribution < 1.29 is 19.0 Å². The number of hydrogen-bond acceptors (Lipinski definition) is 4. The second kappa shape index (κ2) is 9.67. The molecule has 0 N–H and O–H groups in total. The number of benzene rings is 3. The summed E-state index contributed by atoms with van der Waals surface area (Å²) in [5.41, 5.74) is 4.50. The molecular weight excluding hydrogens is 340 g/mol. The highest BCUT2D eigenvalue weighted by Crippen LogP contribution is 2.33.